The Hall–Kier alpha value is -3.15. The molecule has 3 rings (SSSR count). The highest BCUT2D eigenvalue weighted by atomic mass is 32.2. The first-order chi connectivity index (χ1) is 13.4. The number of aromatic nitrogens is 4. The van der Waals surface area contributed by atoms with Gasteiger partial charge in [-0.05, 0) is 26.2 Å². The van der Waals surface area contributed by atoms with Crippen LogP contribution in [0.5, 0.6) is 0 Å². The highest BCUT2D eigenvalue weighted by Crippen LogP contribution is 2.24. The van der Waals surface area contributed by atoms with Crippen LogP contribution in [0.3, 0.4) is 0 Å². The first-order valence-electron chi connectivity index (χ1n) is 8.45. The molecule has 0 aromatic carbocycles. The average molecular weight is 405 g/mol. The van der Waals surface area contributed by atoms with Gasteiger partial charge in [0.25, 0.3) is 5.91 Å². The highest BCUT2D eigenvalue weighted by Gasteiger charge is 2.17. The fourth-order valence-corrected chi connectivity index (χ4v) is 2.84. The van der Waals surface area contributed by atoms with Gasteiger partial charge in [0.1, 0.15) is 10.7 Å². The molecule has 0 bridgehead atoms. The van der Waals surface area contributed by atoms with Crippen LogP contribution in [0.2, 0.25) is 0 Å². The summed E-state index contributed by atoms with van der Waals surface area (Å²) < 4.78 is 6.56. The Kier molecular flexibility index (Phi) is 5.78. The summed E-state index contributed by atoms with van der Waals surface area (Å²) in [6.45, 7) is 4.65. The summed E-state index contributed by atoms with van der Waals surface area (Å²) >= 11 is 1.43. The molecule has 148 valence electrons. The van der Waals surface area contributed by atoms with Crippen LogP contribution >= 0.6 is 11.8 Å². The van der Waals surface area contributed by atoms with E-state index in [-0.39, 0.29) is 18.3 Å². The topological polar surface area (TPSA) is 141 Å². The Morgan fingerprint density at radius 1 is 1.39 bits per heavy atom. The van der Waals surface area contributed by atoms with E-state index in [4.69, 9.17) is 4.42 Å². The lowest BCUT2D eigenvalue weighted by atomic mass is 10.3. The van der Waals surface area contributed by atoms with Crippen LogP contribution < -0.4 is 10.6 Å². The number of fused-ring (bicyclic) bond motifs is 1. The van der Waals surface area contributed by atoms with Crippen molar-refractivity contribution in [2.75, 3.05) is 18.1 Å². The van der Waals surface area contributed by atoms with Crippen molar-refractivity contribution in [1.82, 2.24) is 25.1 Å². The number of thioether (sulfide) groups is 1. The number of nitrogens with one attached hydrogen (secondary N) is 2. The minimum Gasteiger partial charge on any atom is -0.395 e. The molecule has 0 saturated heterocycles. The molecule has 1 amide bonds. The molecule has 0 fully saturated rings. The second-order valence-electron chi connectivity index (χ2n) is 6.11. The molecular weight excluding hydrogens is 386 g/mol. The van der Waals surface area contributed by atoms with Crippen molar-refractivity contribution in [3.05, 3.63) is 34.2 Å². The molecule has 0 aliphatic heterocycles. The Balaban J connectivity index is 1.71. The maximum atomic E-state index is 12.1. The summed E-state index contributed by atoms with van der Waals surface area (Å²) in [4.78, 5) is 31.0. The van der Waals surface area contributed by atoms with Crippen molar-refractivity contribution < 1.29 is 14.1 Å². The molecule has 3 aromatic heterocycles. The third-order valence-electron chi connectivity index (χ3n) is 3.69. The number of carbonyl (C=O) groups excluding carboxylic acids is 1. The lowest BCUT2D eigenvalue weighted by Gasteiger charge is -2.11. The van der Waals surface area contributed by atoms with Gasteiger partial charge in [-0.3, -0.25) is 14.9 Å². The van der Waals surface area contributed by atoms with E-state index < -0.39 is 16.7 Å². The van der Waals surface area contributed by atoms with Gasteiger partial charge in [-0.2, -0.15) is 5.10 Å². The summed E-state index contributed by atoms with van der Waals surface area (Å²) in [5.41, 5.74) is 0.658. The Morgan fingerprint density at radius 3 is 2.82 bits per heavy atom. The van der Waals surface area contributed by atoms with E-state index in [9.17, 15) is 14.9 Å². The molecule has 0 atom stereocenters. The Bertz CT molecular complexity index is 1010. The third-order valence-corrected chi connectivity index (χ3v) is 4.24. The van der Waals surface area contributed by atoms with Gasteiger partial charge in [0.05, 0.1) is 24.2 Å². The smallest absolute Gasteiger partial charge is 0.395 e. The summed E-state index contributed by atoms with van der Waals surface area (Å²) in [6.07, 6.45) is 3.58. The minimum atomic E-state index is -0.696. The standard InChI is InChI=1S/C16H19N7O4S/c1-9(2)19-13-10-8-18-22(14(10)21-16(20-13)28-3)7-6-17-15(24)11-4-5-12(27-11)23(25)26/h4-5,8-9H,6-7H2,1-3H3,(H,17,24)(H,19,20,21). The molecule has 12 heteroatoms. The molecule has 11 nitrogen and oxygen atoms in total. The second kappa shape index (κ2) is 8.25. The minimum absolute atomic E-state index is 0.118. The summed E-state index contributed by atoms with van der Waals surface area (Å²) in [5.74, 6) is -0.421. The first kappa shape index (κ1) is 19.6. The molecule has 2 N–H and O–H groups in total. The molecule has 3 heterocycles. The molecule has 0 aliphatic carbocycles. The number of hydrogen-bond acceptors (Lipinski definition) is 9. The van der Waals surface area contributed by atoms with Gasteiger partial charge >= 0.3 is 5.88 Å². The maximum Gasteiger partial charge on any atom is 0.433 e. The number of nitrogens with zero attached hydrogens (tertiary/aromatic N) is 5. The normalized spacial score (nSPS) is 11.1. The zero-order valence-electron chi connectivity index (χ0n) is 15.5. The van der Waals surface area contributed by atoms with Gasteiger partial charge in [-0.25, -0.2) is 14.6 Å². The summed E-state index contributed by atoms with van der Waals surface area (Å²) in [7, 11) is 0. The van der Waals surface area contributed by atoms with Gasteiger partial charge in [-0.15, -0.1) is 0 Å². The molecule has 3 aromatic rings. The average Bonchev–Trinajstić information content (AvgIpc) is 3.29. The molecule has 0 unspecified atom stereocenters. The van der Waals surface area contributed by atoms with Crippen LogP contribution in [-0.4, -0.2) is 49.4 Å². The fourth-order valence-electron chi connectivity index (χ4n) is 2.48. The Labute approximate surface area is 164 Å². The van der Waals surface area contributed by atoms with E-state index >= 15 is 0 Å². The van der Waals surface area contributed by atoms with E-state index in [2.05, 4.69) is 25.7 Å². The van der Waals surface area contributed by atoms with E-state index in [0.717, 1.165) is 11.5 Å². The molecule has 28 heavy (non-hydrogen) atoms. The van der Waals surface area contributed by atoms with Crippen molar-refractivity contribution in [3.63, 3.8) is 0 Å². The number of hydrogen-bond donors (Lipinski definition) is 2. The van der Waals surface area contributed by atoms with Crippen LogP contribution in [0, 0.1) is 10.1 Å². The Morgan fingerprint density at radius 2 is 2.18 bits per heavy atom. The zero-order chi connectivity index (χ0) is 20.3. The van der Waals surface area contributed by atoms with Crippen LogP contribution in [-0.2, 0) is 6.54 Å². The van der Waals surface area contributed by atoms with Gasteiger partial charge < -0.3 is 15.1 Å². The monoisotopic (exact) mass is 405 g/mol. The summed E-state index contributed by atoms with van der Waals surface area (Å²) in [5, 5.41) is 22.3. The molecule has 0 aliphatic rings. The van der Waals surface area contributed by atoms with E-state index in [1.807, 2.05) is 20.1 Å². The largest absolute Gasteiger partial charge is 0.433 e. The van der Waals surface area contributed by atoms with Gasteiger partial charge in [-0.1, -0.05) is 11.8 Å². The van der Waals surface area contributed by atoms with Crippen LogP contribution in [0.1, 0.15) is 24.4 Å². The highest BCUT2D eigenvalue weighted by molar-refractivity contribution is 7.98. The number of carbonyl (C=O) groups is 1. The maximum absolute atomic E-state index is 12.1. The van der Waals surface area contributed by atoms with Gasteiger partial charge in [0.15, 0.2) is 16.6 Å². The van der Waals surface area contributed by atoms with Crippen LogP contribution in [0.15, 0.2) is 27.9 Å². The predicted molar refractivity (Wildman–Crippen MR) is 104 cm³/mol. The molecular formula is C16H19N7O4S. The quantitative estimate of drug-likeness (QED) is 0.250. The lowest BCUT2D eigenvalue weighted by molar-refractivity contribution is -0.402. The van der Waals surface area contributed by atoms with Crippen LogP contribution in [0.4, 0.5) is 11.7 Å². The van der Waals surface area contributed by atoms with E-state index in [1.54, 1.807) is 10.9 Å². The zero-order valence-corrected chi connectivity index (χ0v) is 16.3. The lowest BCUT2D eigenvalue weighted by Crippen LogP contribution is -2.27. The van der Waals surface area contributed by atoms with Crippen molar-refractivity contribution in [3.8, 4) is 0 Å². The van der Waals surface area contributed by atoms with Crippen molar-refractivity contribution in [1.29, 1.82) is 0 Å². The third kappa shape index (κ3) is 4.22. The summed E-state index contributed by atoms with van der Waals surface area (Å²) in [6, 6.07) is 2.60. The number of furan rings is 1. The predicted octanol–water partition coefficient (Wildman–Crippen LogP) is 2.30. The van der Waals surface area contributed by atoms with Crippen LogP contribution in [0.25, 0.3) is 11.0 Å². The molecule has 0 saturated carbocycles. The molecule has 0 radical (unpaired) electrons. The SMILES string of the molecule is CSc1nc(NC(C)C)c2cnn(CCNC(=O)c3ccc([N+](=O)[O-])o3)c2n1. The first-order valence-corrected chi connectivity index (χ1v) is 9.68. The second-order valence-corrected chi connectivity index (χ2v) is 6.89. The van der Waals surface area contributed by atoms with Gasteiger partial charge in [0.2, 0.25) is 0 Å². The number of anilines is 1. The number of nitro groups is 1. The van der Waals surface area contributed by atoms with Crippen molar-refractivity contribution in [2.24, 2.45) is 0 Å². The number of rotatable bonds is 8. The number of amides is 1. The van der Waals surface area contributed by atoms with E-state index in [0.29, 0.717) is 23.2 Å². The van der Waals surface area contributed by atoms with E-state index in [1.165, 1.54) is 17.8 Å². The van der Waals surface area contributed by atoms with Crippen molar-refractivity contribution in [2.45, 2.75) is 31.6 Å². The van der Waals surface area contributed by atoms with Gasteiger partial charge in [0, 0.05) is 12.6 Å². The molecule has 0 spiro atoms. The van der Waals surface area contributed by atoms with Crippen molar-refractivity contribution >= 4 is 40.4 Å². The fraction of sp³-hybridized carbons (Fsp3) is 0.375.